The standard InChI is InChI=1S/C33H33FN6O5/c1-38(33(41)42)30-15-28-26(17-35-30)31(37-40(28)23-11-13-25(14-12-23)45-29-10-6-5-9-27(29)34)22-16-36-39(18-22)24-19-43-32(44-20-24)21-7-3-2-4-8-21/h2-10,15-18,23-25,32H,11-14,19-20H2,1H3,(H,41,42). The van der Waals surface area contributed by atoms with Gasteiger partial charge >= 0.3 is 6.09 Å². The van der Waals surface area contributed by atoms with Crippen LogP contribution in [0.25, 0.3) is 22.2 Å². The fraction of sp³-hybridized carbons (Fsp3) is 0.333. The van der Waals surface area contributed by atoms with Gasteiger partial charge in [0.25, 0.3) is 0 Å². The lowest BCUT2D eigenvalue weighted by atomic mass is 9.93. The molecule has 1 aliphatic heterocycles. The summed E-state index contributed by atoms with van der Waals surface area (Å²) in [6.07, 6.45) is 6.74. The van der Waals surface area contributed by atoms with E-state index in [0.29, 0.717) is 24.7 Å². The summed E-state index contributed by atoms with van der Waals surface area (Å²) in [4.78, 5) is 17.2. The minimum Gasteiger partial charge on any atom is -0.487 e. The summed E-state index contributed by atoms with van der Waals surface area (Å²) in [6, 6.07) is 18.0. The lowest BCUT2D eigenvalue weighted by Crippen LogP contribution is -2.29. The number of hydrogen-bond acceptors (Lipinski definition) is 7. The number of anilines is 1. The first-order valence-corrected chi connectivity index (χ1v) is 15.0. The summed E-state index contributed by atoms with van der Waals surface area (Å²) in [7, 11) is 1.46. The van der Waals surface area contributed by atoms with Gasteiger partial charge in [-0.25, -0.2) is 14.2 Å². The van der Waals surface area contributed by atoms with E-state index in [2.05, 4.69) is 10.1 Å². The summed E-state index contributed by atoms with van der Waals surface area (Å²) in [5.41, 5.74) is 3.27. The molecular weight excluding hydrogens is 579 g/mol. The maximum atomic E-state index is 14.2. The first kappa shape index (κ1) is 28.9. The molecule has 0 spiro atoms. The largest absolute Gasteiger partial charge is 0.487 e. The Morgan fingerprint density at radius 3 is 2.47 bits per heavy atom. The highest BCUT2D eigenvalue weighted by Crippen LogP contribution is 2.37. The number of halogens is 1. The van der Waals surface area contributed by atoms with Gasteiger partial charge in [-0.1, -0.05) is 42.5 Å². The fourth-order valence-corrected chi connectivity index (χ4v) is 6.03. The molecule has 5 aromatic rings. The van der Waals surface area contributed by atoms with Gasteiger partial charge in [0, 0.05) is 42.0 Å². The maximum Gasteiger partial charge on any atom is 0.412 e. The molecule has 12 heteroatoms. The van der Waals surface area contributed by atoms with Gasteiger partial charge in [0.15, 0.2) is 17.9 Å². The van der Waals surface area contributed by atoms with Gasteiger partial charge in [-0.3, -0.25) is 14.3 Å². The Labute approximate surface area is 258 Å². The van der Waals surface area contributed by atoms with E-state index < -0.39 is 12.4 Å². The molecule has 1 saturated carbocycles. The van der Waals surface area contributed by atoms with E-state index >= 15 is 0 Å². The quantitative estimate of drug-likeness (QED) is 0.225. The molecule has 2 fully saturated rings. The number of pyridine rings is 1. The maximum absolute atomic E-state index is 14.2. The second-order valence-corrected chi connectivity index (χ2v) is 11.4. The number of aromatic nitrogens is 5. The normalized spacial score (nSPS) is 21.9. The molecule has 1 amide bonds. The van der Waals surface area contributed by atoms with E-state index in [4.69, 9.17) is 19.3 Å². The zero-order chi connectivity index (χ0) is 30.9. The van der Waals surface area contributed by atoms with Crippen molar-refractivity contribution in [1.82, 2.24) is 24.5 Å². The van der Waals surface area contributed by atoms with Crippen LogP contribution in [-0.4, -0.2) is 62.1 Å². The van der Waals surface area contributed by atoms with Gasteiger partial charge < -0.3 is 19.3 Å². The Bertz CT molecular complexity index is 1790. The lowest BCUT2D eigenvalue weighted by molar-refractivity contribution is -0.202. The fourth-order valence-electron chi connectivity index (χ4n) is 6.03. The Morgan fingerprint density at radius 1 is 1.00 bits per heavy atom. The summed E-state index contributed by atoms with van der Waals surface area (Å²) in [6.45, 7) is 0.890. The molecule has 7 rings (SSSR count). The van der Waals surface area contributed by atoms with E-state index in [1.165, 1.54) is 13.1 Å². The topological polar surface area (TPSA) is 117 Å². The third-order valence-electron chi connectivity index (χ3n) is 8.53. The molecule has 3 aromatic heterocycles. The molecule has 232 valence electrons. The first-order valence-electron chi connectivity index (χ1n) is 15.0. The summed E-state index contributed by atoms with van der Waals surface area (Å²) >= 11 is 0. The minimum atomic E-state index is -1.10. The molecule has 2 aliphatic rings. The molecule has 1 saturated heterocycles. The van der Waals surface area contributed by atoms with Gasteiger partial charge in [-0.05, 0) is 37.8 Å². The zero-order valence-electron chi connectivity index (χ0n) is 24.7. The highest BCUT2D eigenvalue weighted by Gasteiger charge is 2.29. The van der Waals surface area contributed by atoms with E-state index in [9.17, 15) is 14.3 Å². The van der Waals surface area contributed by atoms with Crippen molar-refractivity contribution in [3.63, 3.8) is 0 Å². The number of amides is 1. The third-order valence-corrected chi connectivity index (χ3v) is 8.53. The number of ether oxygens (including phenoxy) is 3. The van der Waals surface area contributed by atoms with Crippen molar-refractivity contribution in [2.75, 3.05) is 25.2 Å². The predicted molar refractivity (Wildman–Crippen MR) is 164 cm³/mol. The summed E-state index contributed by atoms with van der Waals surface area (Å²) < 4.78 is 36.0. The molecule has 0 unspecified atom stereocenters. The van der Waals surface area contributed by atoms with E-state index in [1.807, 2.05) is 45.9 Å². The molecule has 1 aliphatic carbocycles. The van der Waals surface area contributed by atoms with Crippen LogP contribution in [0, 0.1) is 5.82 Å². The van der Waals surface area contributed by atoms with Gasteiger partial charge in [-0.2, -0.15) is 10.2 Å². The molecule has 0 radical (unpaired) electrons. The smallest absolute Gasteiger partial charge is 0.412 e. The van der Waals surface area contributed by atoms with Crippen LogP contribution in [0.15, 0.2) is 79.3 Å². The van der Waals surface area contributed by atoms with E-state index in [0.717, 1.165) is 52.6 Å². The van der Waals surface area contributed by atoms with Crippen molar-refractivity contribution in [3.05, 3.63) is 90.6 Å². The first-order chi connectivity index (χ1) is 21.9. The SMILES string of the molecule is CN(C(=O)O)c1cc2c(cn1)c(-c1cnn(C3COC(c4ccccc4)OC3)c1)nn2C1CCC(Oc2ccccc2F)CC1. The van der Waals surface area contributed by atoms with Crippen LogP contribution in [-0.2, 0) is 9.47 Å². The van der Waals surface area contributed by atoms with Crippen molar-refractivity contribution in [2.24, 2.45) is 0 Å². The van der Waals surface area contributed by atoms with Crippen LogP contribution in [0.1, 0.15) is 49.6 Å². The highest BCUT2D eigenvalue weighted by molar-refractivity contribution is 5.95. The average molecular weight is 613 g/mol. The van der Waals surface area contributed by atoms with Crippen LogP contribution >= 0.6 is 0 Å². The average Bonchev–Trinajstić information content (AvgIpc) is 3.72. The van der Waals surface area contributed by atoms with Gasteiger partial charge in [-0.15, -0.1) is 0 Å². The second-order valence-electron chi connectivity index (χ2n) is 11.4. The lowest BCUT2D eigenvalue weighted by Gasteiger charge is -2.29. The monoisotopic (exact) mass is 612 g/mol. The number of hydrogen-bond donors (Lipinski definition) is 1. The molecule has 1 N–H and O–H groups in total. The van der Waals surface area contributed by atoms with Crippen molar-refractivity contribution in [2.45, 2.75) is 50.2 Å². The Morgan fingerprint density at radius 2 is 1.73 bits per heavy atom. The molecule has 11 nitrogen and oxygen atoms in total. The third kappa shape index (κ3) is 5.86. The van der Waals surface area contributed by atoms with Crippen LogP contribution in [0.4, 0.5) is 15.0 Å². The van der Waals surface area contributed by atoms with Crippen molar-refractivity contribution in [1.29, 1.82) is 0 Å². The zero-order valence-corrected chi connectivity index (χ0v) is 24.7. The number of carboxylic acid groups (broad SMARTS) is 1. The van der Waals surface area contributed by atoms with Crippen LogP contribution in [0.5, 0.6) is 5.75 Å². The summed E-state index contributed by atoms with van der Waals surface area (Å²) in [5.74, 6) is 0.203. The number of nitrogens with zero attached hydrogens (tertiary/aromatic N) is 6. The van der Waals surface area contributed by atoms with Gasteiger partial charge in [0.2, 0.25) is 0 Å². The van der Waals surface area contributed by atoms with Crippen molar-refractivity contribution < 1.29 is 28.5 Å². The van der Waals surface area contributed by atoms with Gasteiger partial charge in [0.05, 0.1) is 43.1 Å². The van der Waals surface area contributed by atoms with Crippen molar-refractivity contribution >= 4 is 22.8 Å². The second kappa shape index (κ2) is 12.3. The molecule has 0 atom stereocenters. The molecule has 2 aromatic carbocycles. The molecule has 0 bridgehead atoms. The van der Waals surface area contributed by atoms with Gasteiger partial charge in [0.1, 0.15) is 11.5 Å². The predicted octanol–water partition coefficient (Wildman–Crippen LogP) is 6.40. The number of rotatable bonds is 7. The van der Waals surface area contributed by atoms with Crippen LogP contribution < -0.4 is 9.64 Å². The Kier molecular flexibility index (Phi) is 7.90. The van der Waals surface area contributed by atoms with Crippen LogP contribution in [0.2, 0.25) is 0 Å². The summed E-state index contributed by atoms with van der Waals surface area (Å²) in [5, 5.41) is 20.0. The van der Waals surface area contributed by atoms with E-state index in [1.54, 1.807) is 36.7 Å². The minimum absolute atomic E-state index is 0.0391. The highest BCUT2D eigenvalue weighted by atomic mass is 19.1. The molecule has 4 heterocycles. The molecular formula is C33H33FN6O5. The Hall–Kier alpha value is -4.81. The number of para-hydroxylation sites is 1. The molecule has 45 heavy (non-hydrogen) atoms. The number of carbonyl (C=O) groups is 1. The number of fused-ring (bicyclic) bond motifs is 1. The number of benzene rings is 2. The van der Waals surface area contributed by atoms with Crippen molar-refractivity contribution in [3.8, 4) is 17.0 Å². The van der Waals surface area contributed by atoms with E-state index in [-0.39, 0.29) is 29.8 Å². The van der Waals surface area contributed by atoms with Crippen LogP contribution in [0.3, 0.4) is 0 Å². The Balaban J connectivity index is 1.13.